The van der Waals surface area contributed by atoms with E-state index in [0.717, 1.165) is 17.1 Å². The van der Waals surface area contributed by atoms with Gasteiger partial charge in [-0.05, 0) is 36.2 Å². The standard InChI is InChI=1S/C20H24N2O5S/c1-3-4-15-5-7-16(8-6-15)21-20(23)14-22(2)28(24,25)17-9-10-18-19(13-17)27-12-11-26-18/h5-10,13H,3-4,11-12,14H2,1-2H3,(H,21,23). The van der Waals surface area contributed by atoms with E-state index in [4.69, 9.17) is 9.47 Å². The fourth-order valence-electron chi connectivity index (χ4n) is 2.90. The number of nitrogens with zero attached hydrogens (tertiary/aromatic N) is 1. The molecule has 0 radical (unpaired) electrons. The lowest BCUT2D eigenvalue weighted by molar-refractivity contribution is -0.116. The van der Waals surface area contributed by atoms with Crippen LogP contribution in [0, 0.1) is 0 Å². The van der Waals surface area contributed by atoms with Crippen molar-refractivity contribution in [2.24, 2.45) is 0 Å². The van der Waals surface area contributed by atoms with Crippen LogP contribution < -0.4 is 14.8 Å². The van der Waals surface area contributed by atoms with Crippen LogP contribution >= 0.6 is 0 Å². The second-order valence-electron chi connectivity index (χ2n) is 6.56. The number of ether oxygens (including phenoxy) is 2. The summed E-state index contributed by atoms with van der Waals surface area (Å²) in [5.41, 5.74) is 1.83. The van der Waals surface area contributed by atoms with E-state index in [9.17, 15) is 13.2 Å². The van der Waals surface area contributed by atoms with E-state index in [1.54, 1.807) is 6.07 Å². The molecule has 0 unspecified atom stereocenters. The molecule has 0 bridgehead atoms. The number of carbonyl (C=O) groups excluding carboxylic acids is 1. The van der Waals surface area contributed by atoms with Crippen LogP contribution in [0.25, 0.3) is 0 Å². The minimum Gasteiger partial charge on any atom is -0.486 e. The van der Waals surface area contributed by atoms with Gasteiger partial charge in [0.15, 0.2) is 11.5 Å². The minimum absolute atomic E-state index is 0.0518. The van der Waals surface area contributed by atoms with Crippen LogP contribution in [0.15, 0.2) is 47.4 Å². The second kappa shape index (κ2) is 8.62. The predicted molar refractivity (Wildman–Crippen MR) is 106 cm³/mol. The van der Waals surface area contributed by atoms with Gasteiger partial charge in [0.1, 0.15) is 13.2 Å². The number of fused-ring (bicyclic) bond motifs is 1. The number of likely N-dealkylation sites (N-methyl/N-ethyl adjacent to an activating group) is 1. The molecule has 1 aliphatic heterocycles. The van der Waals surface area contributed by atoms with Gasteiger partial charge in [-0.2, -0.15) is 4.31 Å². The number of hydrogen-bond acceptors (Lipinski definition) is 5. The van der Waals surface area contributed by atoms with Crippen molar-refractivity contribution in [3.05, 3.63) is 48.0 Å². The van der Waals surface area contributed by atoms with Crippen molar-refractivity contribution >= 4 is 21.6 Å². The fraction of sp³-hybridized carbons (Fsp3) is 0.350. The molecule has 2 aromatic rings. The molecule has 1 amide bonds. The van der Waals surface area contributed by atoms with E-state index in [0.29, 0.717) is 30.4 Å². The van der Waals surface area contributed by atoms with E-state index in [2.05, 4.69) is 12.2 Å². The van der Waals surface area contributed by atoms with E-state index in [1.807, 2.05) is 24.3 Å². The molecule has 0 aromatic heterocycles. The number of aryl methyl sites for hydroxylation is 1. The summed E-state index contributed by atoms with van der Waals surface area (Å²) >= 11 is 0. The molecule has 150 valence electrons. The molecule has 0 saturated carbocycles. The zero-order valence-electron chi connectivity index (χ0n) is 16.0. The maximum Gasteiger partial charge on any atom is 0.243 e. The molecule has 7 nitrogen and oxygen atoms in total. The Labute approximate surface area is 165 Å². The lowest BCUT2D eigenvalue weighted by atomic mass is 10.1. The van der Waals surface area contributed by atoms with Crippen LogP contribution in [0.5, 0.6) is 11.5 Å². The summed E-state index contributed by atoms with van der Waals surface area (Å²) in [6.45, 7) is 2.60. The average Bonchev–Trinajstić information content (AvgIpc) is 2.69. The molecule has 1 aliphatic rings. The van der Waals surface area contributed by atoms with Crippen LogP contribution in [0.3, 0.4) is 0 Å². The summed E-state index contributed by atoms with van der Waals surface area (Å²) in [6.07, 6.45) is 2.03. The third-order valence-corrected chi connectivity index (χ3v) is 6.16. The molecule has 0 fully saturated rings. The first-order valence-corrected chi connectivity index (χ1v) is 10.6. The first-order valence-electron chi connectivity index (χ1n) is 9.15. The fourth-order valence-corrected chi connectivity index (χ4v) is 4.04. The van der Waals surface area contributed by atoms with Gasteiger partial charge in [-0.1, -0.05) is 25.5 Å². The van der Waals surface area contributed by atoms with Gasteiger partial charge in [-0.3, -0.25) is 4.79 Å². The highest BCUT2D eigenvalue weighted by Crippen LogP contribution is 2.32. The first-order chi connectivity index (χ1) is 13.4. The van der Waals surface area contributed by atoms with Gasteiger partial charge in [0.25, 0.3) is 0 Å². The number of nitrogens with one attached hydrogen (secondary N) is 1. The molecule has 3 rings (SSSR count). The Kier molecular flexibility index (Phi) is 6.21. The minimum atomic E-state index is -3.84. The molecule has 0 saturated heterocycles. The summed E-state index contributed by atoms with van der Waals surface area (Å²) in [5, 5.41) is 2.73. The van der Waals surface area contributed by atoms with Gasteiger partial charge in [0, 0.05) is 18.8 Å². The Morgan fingerprint density at radius 3 is 2.43 bits per heavy atom. The summed E-state index contributed by atoms with van der Waals surface area (Å²) < 4.78 is 37.4. The van der Waals surface area contributed by atoms with Gasteiger partial charge >= 0.3 is 0 Å². The molecule has 1 N–H and O–H groups in total. The molecule has 0 spiro atoms. The first kappa shape index (κ1) is 20.2. The largest absolute Gasteiger partial charge is 0.486 e. The van der Waals surface area contributed by atoms with Crippen molar-refractivity contribution in [1.29, 1.82) is 0 Å². The summed E-state index contributed by atoms with van der Waals surface area (Å²) in [5.74, 6) is 0.487. The number of sulfonamides is 1. The Morgan fingerprint density at radius 2 is 1.75 bits per heavy atom. The quantitative estimate of drug-likeness (QED) is 0.767. The van der Waals surface area contributed by atoms with Crippen LogP contribution in [0.4, 0.5) is 5.69 Å². The molecule has 28 heavy (non-hydrogen) atoms. The monoisotopic (exact) mass is 404 g/mol. The molecule has 1 heterocycles. The lowest BCUT2D eigenvalue weighted by Gasteiger charge is -2.21. The number of amides is 1. The van der Waals surface area contributed by atoms with Gasteiger partial charge in [-0.15, -0.1) is 0 Å². The zero-order chi connectivity index (χ0) is 20.1. The maximum atomic E-state index is 12.8. The molecule has 0 atom stereocenters. The SMILES string of the molecule is CCCc1ccc(NC(=O)CN(C)S(=O)(=O)c2ccc3c(c2)OCCO3)cc1. The predicted octanol–water partition coefficient (Wildman–Crippen LogP) is 2.67. The van der Waals surface area contributed by atoms with Crippen LogP contribution in [-0.4, -0.2) is 45.4 Å². The van der Waals surface area contributed by atoms with Crippen LogP contribution in [-0.2, 0) is 21.2 Å². The Hall–Kier alpha value is -2.58. The zero-order valence-corrected chi connectivity index (χ0v) is 16.8. The Morgan fingerprint density at radius 1 is 1.07 bits per heavy atom. The van der Waals surface area contributed by atoms with Crippen LogP contribution in [0.1, 0.15) is 18.9 Å². The Bertz CT molecular complexity index is 942. The van der Waals surface area contributed by atoms with Gasteiger partial charge in [0.05, 0.1) is 11.4 Å². The third kappa shape index (κ3) is 4.63. The maximum absolute atomic E-state index is 12.8. The van der Waals surface area contributed by atoms with Crippen LogP contribution in [0.2, 0.25) is 0 Å². The number of anilines is 1. The van der Waals surface area contributed by atoms with Crippen molar-refractivity contribution in [2.75, 3.05) is 32.1 Å². The topological polar surface area (TPSA) is 84.9 Å². The molecular formula is C20H24N2O5S. The van der Waals surface area contributed by atoms with Gasteiger partial charge in [-0.25, -0.2) is 8.42 Å². The van der Waals surface area contributed by atoms with Crippen molar-refractivity contribution in [3.8, 4) is 11.5 Å². The van der Waals surface area contributed by atoms with Gasteiger partial charge in [0.2, 0.25) is 15.9 Å². The lowest BCUT2D eigenvalue weighted by Crippen LogP contribution is -2.35. The number of hydrogen-bond donors (Lipinski definition) is 1. The van der Waals surface area contributed by atoms with Crippen molar-refractivity contribution in [3.63, 3.8) is 0 Å². The average molecular weight is 404 g/mol. The molecule has 2 aromatic carbocycles. The normalized spacial score (nSPS) is 13.4. The number of benzene rings is 2. The van der Waals surface area contributed by atoms with Crippen molar-refractivity contribution in [1.82, 2.24) is 4.31 Å². The number of carbonyl (C=O) groups is 1. The summed E-state index contributed by atoms with van der Waals surface area (Å²) in [6, 6.07) is 12.0. The smallest absolute Gasteiger partial charge is 0.243 e. The van der Waals surface area contributed by atoms with E-state index in [-0.39, 0.29) is 11.4 Å². The highest BCUT2D eigenvalue weighted by atomic mass is 32.2. The highest BCUT2D eigenvalue weighted by molar-refractivity contribution is 7.89. The summed E-state index contributed by atoms with van der Waals surface area (Å²) in [4.78, 5) is 12.3. The molecule has 0 aliphatic carbocycles. The number of rotatable bonds is 7. The van der Waals surface area contributed by atoms with E-state index in [1.165, 1.54) is 24.7 Å². The second-order valence-corrected chi connectivity index (χ2v) is 8.61. The third-order valence-electron chi connectivity index (χ3n) is 4.36. The highest BCUT2D eigenvalue weighted by Gasteiger charge is 2.25. The molecular weight excluding hydrogens is 380 g/mol. The van der Waals surface area contributed by atoms with Gasteiger partial charge < -0.3 is 14.8 Å². The Balaban J connectivity index is 1.65. The summed E-state index contributed by atoms with van der Waals surface area (Å²) in [7, 11) is -2.47. The van der Waals surface area contributed by atoms with Crippen molar-refractivity contribution in [2.45, 2.75) is 24.7 Å². The van der Waals surface area contributed by atoms with E-state index < -0.39 is 15.9 Å². The molecule has 8 heteroatoms. The van der Waals surface area contributed by atoms with E-state index >= 15 is 0 Å². The van der Waals surface area contributed by atoms with Crippen molar-refractivity contribution < 1.29 is 22.7 Å².